The van der Waals surface area contributed by atoms with E-state index < -0.39 is 0 Å². The first kappa shape index (κ1) is 115. The number of rotatable bonds is 9. The molecule has 18 heteroatoms. The lowest BCUT2D eigenvalue weighted by Crippen LogP contribution is -2.36. The number of nitrogens with zero attached hydrogens (tertiary/aromatic N) is 9. The second-order valence-electron chi connectivity index (χ2n) is 24.8. The van der Waals surface area contributed by atoms with Crippen molar-refractivity contribution in [3.05, 3.63) is 0 Å². The van der Waals surface area contributed by atoms with Crippen molar-refractivity contribution in [3.63, 3.8) is 0 Å². The van der Waals surface area contributed by atoms with Gasteiger partial charge in [0.05, 0.1) is 58.6 Å². The zero-order valence-electron chi connectivity index (χ0n) is 72.5. The van der Waals surface area contributed by atoms with E-state index in [2.05, 4.69) is 191 Å². The molecule has 0 saturated heterocycles. The van der Waals surface area contributed by atoms with Crippen LogP contribution < -0.4 is 21.3 Å². The Hall–Kier alpha value is -2.57. The largest absolute Gasteiger partial charge is 0.480 e. The van der Waals surface area contributed by atoms with Gasteiger partial charge in [0.15, 0.2) is 6.40 Å². The van der Waals surface area contributed by atoms with Crippen molar-refractivity contribution in [2.45, 2.75) is 324 Å². The second kappa shape index (κ2) is 91.5. The van der Waals surface area contributed by atoms with Crippen LogP contribution in [0.2, 0.25) is 0 Å². The summed E-state index contributed by atoms with van der Waals surface area (Å²) in [5, 5.41) is 14.2. The summed E-state index contributed by atoms with van der Waals surface area (Å²) in [6.07, 6.45) is 15.9. The van der Waals surface area contributed by atoms with Crippen LogP contribution in [0.15, 0.2) is 44.9 Å². The molecule has 594 valence electrons. The van der Waals surface area contributed by atoms with Gasteiger partial charge in [-0.1, -0.05) is 249 Å². The molecule has 0 aromatic rings. The van der Waals surface area contributed by atoms with Gasteiger partial charge in [0.25, 0.3) is 0 Å². The first-order valence-electron chi connectivity index (χ1n) is 40.4. The van der Waals surface area contributed by atoms with Crippen LogP contribution in [0.5, 0.6) is 0 Å². The minimum Gasteiger partial charge on any atom is -0.480 e. The fraction of sp³-hybridized carbons (Fsp3) is 0.889. The van der Waals surface area contributed by atoms with Gasteiger partial charge in [0.1, 0.15) is 6.10 Å². The topological polar surface area (TPSA) is 169 Å². The Morgan fingerprint density at radius 1 is 0.404 bits per heavy atom. The van der Waals surface area contributed by atoms with E-state index in [1.54, 1.807) is 12.7 Å². The standard InChI is InChI=1S/4C7H14N2.C7H13NO.4C7H13NS.9C2H6/c1-6(2)7-3-8-5-9-4-7;2*1-6(2)7-3-4-8-5-9-7;1-6(2)7-8-4-3-5-9-7;1-6(2)7-3-4-8-5-9-7;1-6(2)7-3-8-5-9-4-7;2*1-6(2)7-3-4-9-5-8-7;1-6(2)7-8-4-3-5-9-7;9*1-2/h3*5-7H,3-4H2,1-2H3,(H,8,9);6H,3-5H2,1-2H3,(H,8,9);4*5-7H,3-4H2,1-2H3;6H,3-5H2,1-2H3;9*1-2H3. The van der Waals surface area contributed by atoms with E-state index in [1.807, 2.05) is 201 Å². The van der Waals surface area contributed by atoms with Gasteiger partial charge in [-0.3, -0.25) is 44.9 Å². The van der Waals surface area contributed by atoms with E-state index in [9.17, 15) is 0 Å². The average molecular weight is 1480 g/mol. The first-order valence-corrected chi connectivity index (χ1v) is 44.5. The van der Waals surface area contributed by atoms with Crippen LogP contribution in [0.3, 0.4) is 0 Å². The minimum absolute atomic E-state index is 0.405. The smallest absolute Gasteiger partial charge is 0.169 e. The highest BCUT2D eigenvalue weighted by atomic mass is 32.2. The van der Waals surface area contributed by atoms with E-state index in [0.717, 1.165) is 113 Å². The van der Waals surface area contributed by atoms with E-state index >= 15 is 0 Å². The number of hydrogen-bond donors (Lipinski definition) is 4. The molecule has 9 rings (SSSR count). The van der Waals surface area contributed by atoms with Gasteiger partial charge in [-0.05, 0) is 91.8 Å². The summed E-state index contributed by atoms with van der Waals surface area (Å²) in [5.74, 6) is 14.1. The van der Waals surface area contributed by atoms with Crippen molar-refractivity contribution in [2.75, 3.05) is 81.9 Å². The summed E-state index contributed by atoms with van der Waals surface area (Å²) in [7, 11) is 0. The lowest BCUT2D eigenvalue weighted by molar-refractivity contribution is 0.130. The van der Waals surface area contributed by atoms with E-state index in [1.165, 1.54) is 72.4 Å². The molecule has 0 amide bonds. The lowest BCUT2D eigenvalue weighted by atomic mass is 9.95. The van der Waals surface area contributed by atoms with E-state index in [4.69, 9.17) is 4.74 Å². The normalized spacial score (nSPS) is 21.1. The molecule has 0 bridgehead atoms. The summed E-state index contributed by atoms with van der Waals surface area (Å²) in [4.78, 5) is 37.9. The molecule has 7 unspecified atom stereocenters. The highest BCUT2D eigenvalue weighted by Gasteiger charge is 2.18. The predicted molar refractivity (Wildman–Crippen MR) is 475 cm³/mol. The van der Waals surface area contributed by atoms with Crippen LogP contribution in [-0.2, 0) is 4.74 Å². The number of thioether (sulfide) groups is 4. The summed E-state index contributed by atoms with van der Waals surface area (Å²) >= 11 is 7.41. The van der Waals surface area contributed by atoms with Gasteiger partial charge in [-0.25, -0.2) is 0 Å². The summed E-state index contributed by atoms with van der Waals surface area (Å²) in [5.41, 5.74) is 5.96. The molecule has 0 saturated carbocycles. The van der Waals surface area contributed by atoms with Crippen molar-refractivity contribution in [1.82, 2.24) is 21.3 Å². The molecule has 9 aliphatic heterocycles. The quantitative estimate of drug-likeness (QED) is 0.176. The Morgan fingerprint density at radius 2 is 0.859 bits per heavy atom. The Morgan fingerprint density at radius 3 is 1.07 bits per heavy atom. The van der Waals surface area contributed by atoms with Crippen LogP contribution in [0, 0.1) is 65.1 Å². The molecule has 9 heterocycles. The van der Waals surface area contributed by atoms with Crippen LogP contribution in [0.4, 0.5) is 0 Å². The zero-order chi connectivity index (χ0) is 78.2. The van der Waals surface area contributed by atoms with Crippen LogP contribution in [0.25, 0.3) is 0 Å². The average Bonchev–Trinajstić information content (AvgIpc) is 3.85. The molecule has 0 aromatic heterocycles. The molecule has 0 radical (unpaired) electrons. The molecular formula is C81H175N13OS4. The molecule has 0 aromatic carbocycles. The summed E-state index contributed by atoms with van der Waals surface area (Å²) in [6.45, 7) is 85.2. The first-order chi connectivity index (χ1) is 47.7. The number of aliphatic imine (C=N–C) groups is 9. The van der Waals surface area contributed by atoms with E-state index in [0.29, 0.717) is 48.0 Å². The molecule has 0 spiro atoms. The Balaban J connectivity index is -0.000000128. The lowest BCUT2D eigenvalue weighted by Gasteiger charge is -2.22. The molecule has 9 aliphatic rings. The number of amidine groups is 1. The van der Waals surface area contributed by atoms with Gasteiger partial charge in [0.2, 0.25) is 0 Å². The van der Waals surface area contributed by atoms with Crippen molar-refractivity contribution >= 4 is 100.0 Å². The van der Waals surface area contributed by atoms with Crippen molar-refractivity contribution in [1.29, 1.82) is 0 Å². The van der Waals surface area contributed by atoms with Gasteiger partial charge in [-0.2, -0.15) is 0 Å². The zero-order valence-corrected chi connectivity index (χ0v) is 75.8. The second-order valence-corrected chi connectivity index (χ2v) is 28.7. The maximum atomic E-state index is 5.25. The summed E-state index contributed by atoms with van der Waals surface area (Å²) in [6, 6.07) is 2.52. The monoisotopic (exact) mass is 1470 g/mol. The van der Waals surface area contributed by atoms with Gasteiger partial charge >= 0.3 is 0 Å². The van der Waals surface area contributed by atoms with Crippen molar-refractivity contribution in [3.8, 4) is 0 Å². The third-order valence-corrected chi connectivity index (χ3v) is 18.5. The van der Waals surface area contributed by atoms with Gasteiger partial charge in [-0.15, -0.1) is 47.0 Å². The van der Waals surface area contributed by atoms with Gasteiger partial charge < -0.3 is 26.0 Å². The van der Waals surface area contributed by atoms with Gasteiger partial charge in [0, 0.05) is 112 Å². The molecular weight excluding hydrogens is 1300 g/mol. The highest BCUT2D eigenvalue weighted by Crippen LogP contribution is 2.22. The fourth-order valence-electron chi connectivity index (χ4n) is 8.48. The Bertz CT molecular complexity index is 1600. The minimum atomic E-state index is 0.405. The highest BCUT2D eigenvalue weighted by molar-refractivity contribution is 8.14. The van der Waals surface area contributed by atoms with Crippen molar-refractivity contribution in [2.24, 2.45) is 110 Å². The molecule has 0 aliphatic carbocycles. The number of hydrogen-bond acceptors (Lipinski definition) is 18. The maximum Gasteiger partial charge on any atom is 0.169 e. The third kappa shape index (κ3) is 74.9. The maximum absolute atomic E-state index is 5.25. The third-order valence-electron chi connectivity index (χ3n) is 14.7. The van der Waals surface area contributed by atoms with Crippen molar-refractivity contribution < 1.29 is 4.74 Å². The SMILES string of the molecule is CC.CC.CC.CC.CC.CC.CC.CC.CC.CC(C)C1=NCCCN1.CC(C)C1=NCCCS1.CC(C)C1CCN=CN1.CC(C)C1CCN=CN1.CC(C)C1CCN=CO1.CC(C)C1CCSC=N1.CC(C)C1CCSC=N1.CC(C)C1CN=CNC1.CC(C)C1CN=CSC1. The molecule has 99 heavy (non-hydrogen) atoms. The Kier molecular flexibility index (Phi) is 106. The molecule has 14 nitrogen and oxygen atoms in total. The molecule has 7 atom stereocenters. The van der Waals surface area contributed by atoms with Crippen LogP contribution in [-0.4, -0.2) is 165 Å². The molecule has 0 fully saturated rings. The predicted octanol–water partition coefficient (Wildman–Crippen LogP) is 23.2. The van der Waals surface area contributed by atoms with Crippen LogP contribution >= 0.6 is 47.0 Å². The number of nitrogens with one attached hydrogen (secondary N) is 4. The fourth-order valence-corrected chi connectivity index (χ4v) is 11.9. The molecule has 4 N–H and O–H groups in total. The van der Waals surface area contributed by atoms with E-state index in [-0.39, 0.29) is 0 Å². The number of ether oxygens (including phenoxy) is 1. The summed E-state index contributed by atoms with van der Waals surface area (Å²) < 4.78 is 5.25. The Labute approximate surface area is 638 Å². The van der Waals surface area contributed by atoms with Crippen LogP contribution in [0.1, 0.15) is 294 Å².